The van der Waals surface area contributed by atoms with Gasteiger partial charge in [-0.05, 0) is 31.2 Å². The second-order valence-electron chi connectivity index (χ2n) is 3.98. The lowest BCUT2D eigenvalue weighted by atomic mass is 10.1. The smallest absolute Gasteiger partial charge is 0.0704 e. The predicted octanol–water partition coefficient (Wildman–Crippen LogP) is 0.875. The highest BCUT2D eigenvalue weighted by Gasteiger charge is 2.04. The van der Waals surface area contributed by atoms with E-state index in [1.54, 1.807) is 0 Å². The van der Waals surface area contributed by atoms with Crippen LogP contribution in [0.3, 0.4) is 0 Å². The maximum Gasteiger partial charge on any atom is 0.0704 e. The SMILES string of the molecule is CNCC(O)Cc1ccc(N(C)C)cc1. The molecule has 3 heteroatoms. The Bertz CT molecular complexity index is 282. The molecular weight excluding hydrogens is 188 g/mol. The Kier molecular flexibility index (Phi) is 4.59. The van der Waals surface area contributed by atoms with E-state index in [9.17, 15) is 5.11 Å². The average molecular weight is 208 g/mol. The van der Waals surface area contributed by atoms with Crippen molar-refractivity contribution < 1.29 is 5.11 Å². The Morgan fingerprint density at radius 2 is 1.87 bits per heavy atom. The Morgan fingerprint density at radius 3 is 2.33 bits per heavy atom. The maximum absolute atomic E-state index is 9.61. The lowest BCUT2D eigenvalue weighted by Crippen LogP contribution is -2.25. The first kappa shape index (κ1) is 12.0. The van der Waals surface area contributed by atoms with Crippen molar-refractivity contribution in [1.82, 2.24) is 5.32 Å². The lowest BCUT2D eigenvalue weighted by Gasteiger charge is -2.14. The first-order valence-electron chi connectivity index (χ1n) is 5.22. The lowest BCUT2D eigenvalue weighted by molar-refractivity contribution is 0.175. The highest BCUT2D eigenvalue weighted by atomic mass is 16.3. The van der Waals surface area contributed by atoms with E-state index in [2.05, 4.69) is 34.5 Å². The van der Waals surface area contributed by atoms with Crippen molar-refractivity contribution in [3.05, 3.63) is 29.8 Å². The summed E-state index contributed by atoms with van der Waals surface area (Å²) in [5.74, 6) is 0. The fraction of sp³-hybridized carbons (Fsp3) is 0.500. The summed E-state index contributed by atoms with van der Waals surface area (Å²) in [6, 6.07) is 8.27. The Labute approximate surface area is 91.7 Å². The van der Waals surface area contributed by atoms with Gasteiger partial charge in [-0.2, -0.15) is 0 Å². The highest BCUT2D eigenvalue weighted by Crippen LogP contribution is 2.13. The van der Waals surface area contributed by atoms with E-state index in [0.717, 1.165) is 0 Å². The fourth-order valence-electron chi connectivity index (χ4n) is 1.51. The third-order valence-corrected chi connectivity index (χ3v) is 2.36. The molecule has 3 nitrogen and oxygen atoms in total. The number of likely N-dealkylation sites (N-methyl/N-ethyl adjacent to an activating group) is 1. The van der Waals surface area contributed by atoms with E-state index >= 15 is 0 Å². The number of aliphatic hydroxyl groups excluding tert-OH is 1. The molecule has 0 saturated heterocycles. The summed E-state index contributed by atoms with van der Waals surface area (Å²) in [5.41, 5.74) is 2.35. The molecule has 0 fully saturated rings. The van der Waals surface area contributed by atoms with E-state index in [1.807, 2.05) is 21.1 Å². The van der Waals surface area contributed by atoms with Crippen LogP contribution < -0.4 is 10.2 Å². The third kappa shape index (κ3) is 3.90. The quantitative estimate of drug-likeness (QED) is 0.754. The summed E-state index contributed by atoms with van der Waals surface area (Å²) in [4.78, 5) is 2.06. The minimum atomic E-state index is -0.305. The van der Waals surface area contributed by atoms with E-state index in [1.165, 1.54) is 11.3 Å². The van der Waals surface area contributed by atoms with Crippen molar-refractivity contribution in [3.63, 3.8) is 0 Å². The Hall–Kier alpha value is -1.06. The molecular formula is C12H20N2O. The average Bonchev–Trinajstić information content (AvgIpc) is 2.18. The Balaban J connectivity index is 2.56. The molecule has 0 aliphatic rings. The molecule has 0 aliphatic carbocycles. The monoisotopic (exact) mass is 208 g/mol. The molecule has 0 radical (unpaired) electrons. The minimum absolute atomic E-state index is 0.305. The van der Waals surface area contributed by atoms with Gasteiger partial charge in [0.25, 0.3) is 0 Å². The molecule has 1 rings (SSSR count). The molecule has 1 atom stereocenters. The van der Waals surface area contributed by atoms with Crippen LogP contribution in [0.5, 0.6) is 0 Å². The van der Waals surface area contributed by atoms with E-state index in [-0.39, 0.29) is 6.10 Å². The van der Waals surface area contributed by atoms with Gasteiger partial charge in [0.05, 0.1) is 6.10 Å². The second-order valence-corrected chi connectivity index (χ2v) is 3.98. The largest absolute Gasteiger partial charge is 0.391 e. The van der Waals surface area contributed by atoms with Crippen LogP contribution in [0, 0.1) is 0 Å². The minimum Gasteiger partial charge on any atom is -0.391 e. The van der Waals surface area contributed by atoms with Crippen molar-refractivity contribution in [2.45, 2.75) is 12.5 Å². The molecule has 0 spiro atoms. The van der Waals surface area contributed by atoms with Crippen LogP contribution in [-0.4, -0.2) is 38.9 Å². The number of hydrogen-bond acceptors (Lipinski definition) is 3. The first-order chi connectivity index (χ1) is 7.13. The van der Waals surface area contributed by atoms with Crippen LogP contribution in [0.25, 0.3) is 0 Å². The molecule has 0 heterocycles. The van der Waals surface area contributed by atoms with Gasteiger partial charge in [0.2, 0.25) is 0 Å². The molecule has 0 saturated carbocycles. The van der Waals surface area contributed by atoms with E-state index in [0.29, 0.717) is 13.0 Å². The first-order valence-corrected chi connectivity index (χ1v) is 5.22. The zero-order valence-corrected chi connectivity index (χ0v) is 9.70. The summed E-state index contributed by atoms with van der Waals surface area (Å²) in [6.45, 7) is 0.634. The second kappa shape index (κ2) is 5.73. The van der Waals surface area contributed by atoms with Gasteiger partial charge in [-0.1, -0.05) is 12.1 Å². The maximum atomic E-state index is 9.61. The molecule has 0 aromatic heterocycles. The normalized spacial score (nSPS) is 12.5. The van der Waals surface area contributed by atoms with Gasteiger partial charge in [-0.3, -0.25) is 0 Å². The Morgan fingerprint density at radius 1 is 1.27 bits per heavy atom. The van der Waals surface area contributed by atoms with E-state index in [4.69, 9.17) is 0 Å². The predicted molar refractivity (Wildman–Crippen MR) is 64.4 cm³/mol. The number of nitrogens with one attached hydrogen (secondary N) is 1. The molecule has 1 aromatic rings. The number of anilines is 1. The number of rotatable bonds is 5. The van der Waals surface area contributed by atoms with Crippen LogP contribution in [0.4, 0.5) is 5.69 Å². The molecule has 0 amide bonds. The van der Waals surface area contributed by atoms with Gasteiger partial charge < -0.3 is 15.3 Å². The van der Waals surface area contributed by atoms with Crippen LogP contribution in [-0.2, 0) is 6.42 Å². The molecule has 1 aromatic carbocycles. The summed E-state index contributed by atoms with van der Waals surface area (Å²) < 4.78 is 0. The summed E-state index contributed by atoms with van der Waals surface area (Å²) >= 11 is 0. The standard InChI is InChI=1S/C12H20N2O/c1-13-9-12(15)8-10-4-6-11(7-5-10)14(2)3/h4-7,12-13,15H,8-9H2,1-3H3. The van der Waals surface area contributed by atoms with Crippen molar-refractivity contribution in [1.29, 1.82) is 0 Å². The molecule has 0 aliphatic heterocycles. The number of hydrogen-bond donors (Lipinski definition) is 2. The van der Waals surface area contributed by atoms with Crippen LogP contribution in [0.2, 0.25) is 0 Å². The van der Waals surface area contributed by atoms with Crippen molar-refractivity contribution in [2.24, 2.45) is 0 Å². The zero-order chi connectivity index (χ0) is 11.3. The van der Waals surface area contributed by atoms with Crippen LogP contribution in [0.1, 0.15) is 5.56 Å². The molecule has 0 bridgehead atoms. The van der Waals surface area contributed by atoms with Gasteiger partial charge in [0, 0.05) is 26.3 Å². The third-order valence-electron chi connectivity index (χ3n) is 2.36. The number of nitrogens with zero attached hydrogens (tertiary/aromatic N) is 1. The van der Waals surface area contributed by atoms with Crippen molar-refractivity contribution in [2.75, 3.05) is 32.6 Å². The van der Waals surface area contributed by atoms with Gasteiger partial charge >= 0.3 is 0 Å². The van der Waals surface area contributed by atoms with E-state index < -0.39 is 0 Å². The van der Waals surface area contributed by atoms with Gasteiger partial charge in [0.1, 0.15) is 0 Å². The summed E-state index contributed by atoms with van der Waals surface area (Å²) in [5, 5.41) is 12.6. The topological polar surface area (TPSA) is 35.5 Å². The van der Waals surface area contributed by atoms with Crippen LogP contribution >= 0.6 is 0 Å². The fourth-order valence-corrected chi connectivity index (χ4v) is 1.51. The van der Waals surface area contributed by atoms with Crippen LogP contribution in [0.15, 0.2) is 24.3 Å². The van der Waals surface area contributed by atoms with Crippen molar-refractivity contribution in [3.8, 4) is 0 Å². The molecule has 1 unspecified atom stereocenters. The zero-order valence-electron chi connectivity index (χ0n) is 9.70. The number of benzene rings is 1. The molecule has 84 valence electrons. The highest BCUT2D eigenvalue weighted by molar-refractivity contribution is 5.46. The summed E-state index contributed by atoms with van der Waals surface area (Å²) in [7, 11) is 5.88. The van der Waals surface area contributed by atoms with Gasteiger partial charge in [0.15, 0.2) is 0 Å². The summed E-state index contributed by atoms with van der Waals surface area (Å²) in [6.07, 6.45) is 0.398. The van der Waals surface area contributed by atoms with Crippen molar-refractivity contribution >= 4 is 5.69 Å². The molecule has 15 heavy (non-hydrogen) atoms. The van der Waals surface area contributed by atoms with Gasteiger partial charge in [-0.15, -0.1) is 0 Å². The molecule has 2 N–H and O–H groups in total. The number of aliphatic hydroxyl groups is 1. The van der Waals surface area contributed by atoms with Gasteiger partial charge in [-0.25, -0.2) is 0 Å².